The summed E-state index contributed by atoms with van der Waals surface area (Å²) in [4.78, 5) is 25.5. The monoisotopic (exact) mass is 269 g/mol. The van der Waals surface area contributed by atoms with Crippen molar-refractivity contribution in [1.82, 2.24) is 5.06 Å². The minimum absolute atomic E-state index is 0.120. The molecule has 0 spiro atoms. The van der Waals surface area contributed by atoms with Crippen molar-refractivity contribution in [2.24, 2.45) is 5.92 Å². The van der Waals surface area contributed by atoms with Crippen LogP contribution in [-0.4, -0.2) is 42.9 Å². The zero-order valence-corrected chi connectivity index (χ0v) is 9.83. The van der Waals surface area contributed by atoms with E-state index in [-0.39, 0.29) is 25.6 Å². The molecule has 18 heavy (non-hydrogen) atoms. The first-order valence-electron chi connectivity index (χ1n) is 5.46. The van der Waals surface area contributed by atoms with Gasteiger partial charge in [0.15, 0.2) is 0 Å². The Hall–Kier alpha value is -1.31. The molecule has 0 aromatic carbocycles. The number of ether oxygens (including phenoxy) is 1. The first-order valence-corrected chi connectivity index (χ1v) is 5.46. The lowest BCUT2D eigenvalue weighted by atomic mass is 10.0. The Bertz CT molecular complexity index is 319. The smallest absolute Gasteiger partial charge is 0.466 e. The predicted octanol–water partition coefficient (Wildman–Crippen LogP) is 1.28. The van der Waals surface area contributed by atoms with Crippen LogP contribution in [0.3, 0.4) is 0 Å². The highest BCUT2D eigenvalue weighted by molar-refractivity contribution is 5.75. The molecular weight excluding hydrogens is 255 g/mol. The van der Waals surface area contributed by atoms with E-state index in [9.17, 15) is 22.8 Å². The minimum Gasteiger partial charge on any atom is -0.466 e. The maximum absolute atomic E-state index is 12.0. The number of hydrogen-bond acceptors (Lipinski definition) is 5. The molecule has 0 amide bonds. The van der Waals surface area contributed by atoms with E-state index in [0.717, 1.165) is 5.06 Å². The number of alkyl halides is 3. The largest absolute Gasteiger partial charge is 0.492 e. The second kappa shape index (κ2) is 6.03. The molecule has 1 aliphatic heterocycles. The van der Waals surface area contributed by atoms with E-state index in [1.165, 1.54) is 6.92 Å². The van der Waals surface area contributed by atoms with Crippen LogP contribution in [0.4, 0.5) is 13.2 Å². The van der Waals surface area contributed by atoms with Crippen molar-refractivity contribution in [3.63, 3.8) is 0 Å². The van der Waals surface area contributed by atoms with E-state index < -0.39 is 18.1 Å². The van der Waals surface area contributed by atoms with Gasteiger partial charge in [0.1, 0.15) is 0 Å². The summed E-state index contributed by atoms with van der Waals surface area (Å²) in [5, 5.41) is 0.966. The molecule has 5 nitrogen and oxygen atoms in total. The van der Waals surface area contributed by atoms with Crippen LogP contribution in [0.2, 0.25) is 0 Å². The lowest BCUT2D eigenvalue weighted by Crippen LogP contribution is -2.41. The summed E-state index contributed by atoms with van der Waals surface area (Å²) in [5.74, 6) is -2.79. The summed E-state index contributed by atoms with van der Waals surface area (Å²) >= 11 is 0. The van der Waals surface area contributed by atoms with E-state index in [2.05, 4.69) is 4.84 Å². The van der Waals surface area contributed by atoms with Gasteiger partial charge in [-0.25, -0.2) is 4.79 Å². The standard InChI is InChI=1S/C10H14F3NO4/c1-7(15)17-6-8-3-2-4-14(5-8)18-9(16)10(11,12)13/h8H,2-6H2,1H3. The number of halogens is 3. The Morgan fingerprint density at radius 3 is 2.61 bits per heavy atom. The second-order valence-electron chi connectivity index (χ2n) is 4.08. The number of rotatable bonds is 3. The van der Waals surface area contributed by atoms with Crippen LogP contribution in [0.15, 0.2) is 0 Å². The van der Waals surface area contributed by atoms with Crippen LogP contribution in [-0.2, 0) is 19.2 Å². The van der Waals surface area contributed by atoms with Crippen molar-refractivity contribution in [3.8, 4) is 0 Å². The van der Waals surface area contributed by atoms with Crippen LogP contribution in [0.1, 0.15) is 19.8 Å². The van der Waals surface area contributed by atoms with E-state index in [1.54, 1.807) is 0 Å². The number of hydroxylamine groups is 2. The number of carbonyl (C=O) groups excluding carboxylic acids is 2. The molecule has 8 heteroatoms. The van der Waals surface area contributed by atoms with Gasteiger partial charge in [0.25, 0.3) is 0 Å². The first-order chi connectivity index (χ1) is 8.29. The Labute approximate surface area is 102 Å². The van der Waals surface area contributed by atoms with Crippen molar-refractivity contribution < 1.29 is 32.3 Å². The molecule has 1 fully saturated rings. The van der Waals surface area contributed by atoms with Crippen molar-refractivity contribution in [2.45, 2.75) is 25.9 Å². The number of nitrogens with zero attached hydrogens (tertiary/aromatic N) is 1. The molecule has 0 saturated carbocycles. The maximum Gasteiger partial charge on any atom is 0.492 e. The van der Waals surface area contributed by atoms with Crippen LogP contribution in [0.25, 0.3) is 0 Å². The Morgan fingerprint density at radius 1 is 1.39 bits per heavy atom. The summed E-state index contributed by atoms with van der Waals surface area (Å²) in [6, 6.07) is 0. The zero-order valence-electron chi connectivity index (χ0n) is 9.83. The number of hydrogen-bond donors (Lipinski definition) is 0. The number of carbonyl (C=O) groups is 2. The lowest BCUT2D eigenvalue weighted by molar-refractivity contribution is -0.244. The number of piperidine rings is 1. The molecule has 0 N–H and O–H groups in total. The molecule has 0 aromatic rings. The Morgan fingerprint density at radius 2 is 2.06 bits per heavy atom. The molecular formula is C10H14F3NO4. The third-order valence-corrected chi connectivity index (χ3v) is 2.45. The molecule has 0 radical (unpaired) electrons. The Balaban J connectivity index is 2.39. The van der Waals surface area contributed by atoms with Gasteiger partial charge >= 0.3 is 18.1 Å². The van der Waals surface area contributed by atoms with Gasteiger partial charge in [-0.15, -0.1) is 5.06 Å². The van der Waals surface area contributed by atoms with E-state index >= 15 is 0 Å². The van der Waals surface area contributed by atoms with Crippen molar-refractivity contribution in [1.29, 1.82) is 0 Å². The first kappa shape index (κ1) is 14.7. The SMILES string of the molecule is CC(=O)OCC1CCCN(OC(=O)C(F)(F)F)C1. The summed E-state index contributed by atoms with van der Waals surface area (Å²) < 4.78 is 40.7. The van der Waals surface area contributed by atoms with Gasteiger partial charge in [-0.2, -0.15) is 13.2 Å². The van der Waals surface area contributed by atoms with E-state index in [4.69, 9.17) is 4.74 Å². The van der Waals surface area contributed by atoms with E-state index in [0.29, 0.717) is 12.8 Å². The maximum atomic E-state index is 12.0. The molecule has 1 atom stereocenters. The summed E-state index contributed by atoms with van der Waals surface area (Å²) in [6.07, 6.45) is -3.70. The quantitative estimate of drug-likeness (QED) is 0.722. The van der Waals surface area contributed by atoms with Crippen molar-refractivity contribution in [2.75, 3.05) is 19.7 Å². The number of esters is 1. The third kappa shape index (κ3) is 4.91. The lowest BCUT2D eigenvalue weighted by Gasteiger charge is -2.30. The van der Waals surface area contributed by atoms with Crippen molar-refractivity contribution in [3.05, 3.63) is 0 Å². The molecule has 0 aliphatic carbocycles. The molecule has 1 aliphatic rings. The van der Waals surface area contributed by atoms with Crippen LogP contribution < -0.4 is 0 Å². The fourth-order valence-corrected chi connectivity index (χ4v) is 1.65. The fraction of sp³-hybridized carbons (Fsp3) is 0.800. The normalized spacial score (nSPS) is 21.4. The van der Waals surface area contributed by atoms with Gasteiger partial charge in [-0.1, -0.05) is 0 Å². The topological polar surface area (TPSA) is 55.8 Å². The summed E-state index contributed by atoms with van der Waals surface area (Å²) in [5.41, 5.74) is 0. The predicted molar refractivity (Wildman–Crippen MR) is 53.1 cm³/mol. The highest BCUT2D eigenvalue weighted by atomic mass is 19.4. The van der Waals surface area contributed by atoms with Crippen LogP contribution >= 0.6 is 0 Å². The van der Waals surface area contributed by atoms with Crippen LogP contribution in [0, 0.1) is 5.92 Å². The average molecular weight is 269 g/mol. The molecule has 1 rings (SSSR count). The van der Waals surface area contributed by atoms with Crippen LogP contribution in [0.5, 0.6) is 0 Å². The second-order valence-corrected chi connectivity index (χ2v) is 4.08. The molecule has 1 heterocycles. The summed E-state index contributed by atoms with van der Waals surface area (Å²) in [7, 11) is 0. The van der Waals surface area contributed by atoms with E-state index in [1.807, 2.05) is 0 Å². The fourth-order valence-electron chi connectivity index (χ4n) is 1.65. The molecule has 104 valence electrons. The molecule has 1 saturated heterocycles. The minimum atomic E-state index is -5.00. The van der Waals surface area contributed by atoms with Gasteiger partial charge in [0, 0.05) is 25.9 Å². The van der Waals surface area contributed by atoms with Crippen molar-refractivity contribution >= 4 is 11.9 Å². The molecule has 1 unspecified atom stereocenters. The Kier molecular flexibility index (Phi) is 4.94. The van der Waals surface area contributed by atoms with Gasteiger partial charge in [-0.05, 0) is 12.8 Å². The molecule has 0 aromatic heterocycles. The zero-order chi connectivity index (χ0) is 13.8. The van der Waals surface area contributed by atoms with Gasteiger partial charge in [0.2, 0.25) is 0 Å². The highest BCUT2D eigenvalue weighted by Crippen LogP contribution is 2.21. The third-order valence-electron chi connectivity index (χ3n) is 2.45. The van der Waals surface area contributed by atoms with Gasteiger partial charge in [-0.3, -0.25) is 4.79 Å². The van der Waals surface area contributed by atoms with Gasteiger partial charge < -0.3 is 9.57 Å². The van der Waals surface area contributed by atoms with Gasteiger partial charge in [0.05, 0.1) is 6.61 Å². The highest BCUT2D eigenvalue weighted by Gasteiger charge is 2.43. The summed E-state index contributed by atoms with van der Waals surface area (Å²) in [6.45, 7) is 1.76. The molecule has 0 bridgehead atoms. The average Bonchev–Trinajstić information content (AvgIpc) is 2.25.